The third-order valence-corrected chi connectivity index (χ3v) is 6.40. The predicted molar refractivity (Wildman–Crippen MR) is 121 cm³/mol. The van der Waals surface area contributed by atoms with Crippen LogP contribution in [0, 0.1) is 0 Å². The molecule has 1 N–H and O–H groups in total. The number of methoxy groups -OCH3 is 1. The van der Waals surface area contributed by atoms with E-state index in [4.69, 9.17) is 4.74 Å². The van der Waals surface area contributed by atoms with Crippen LogP contribution in [0.2, 0.25) is 0 Å². The molecule has 1 aliphatic heterocycles. The van der Waals surface area contributed by atoms with Gasteiger partial charge < -0.3 is 14.6 Å². The number of pyridine rings is 1. The lowest BCUT2D eigenvalue weighted by molar-refractivity contribution is 0.210. The van der Waals surface area contributed by atoms with E-state index in [0.717, 1.165) is 12.0 Å². The maximum Gasteiger partial charge on any atom is 0.213 e. The van der Waals surface area contributed by atoms with Gasteiger partial charge in [0.2, 0.25) is 5.88 Å². The number of aromatic nitrogens is 2. The lowest BCUT2D eigenvalue weighted by Gasteiger charge is -2.32. The van der Waals surface area contributed by atoms with Gasteiger partial charge in [0.25, 0.3) is 0 Å². The summed E-state index contributed by atoms with van der Waals surface area (Å²) in [5.74, 6) is 1.33. The molecule has 3 aromatic rings. The van der Waals surface area contributed by atoms with Crippen LogP contribution in [0.25, 0.3) is 22.2 Å². The van der Waals surface area contributed by atoms with Crippen LogP contribution in [-0.4, -0.2) is 41.6 Å². The maximum atomic E-state index is 5.33. The topological polar surface area (TPSA) is 41.2 Å². The number of nitrogens with one attached hydrogen (secondary N) is 1. The van der Waals surface area contributed by atoms with Gasteiger partial charge in [-0.3, -0.25) is 0 Å². The average Bonchev–Trinajstić information content (AvgIpc) is 3.16. The summed E-state index contributed by atoms with van der Waals surface area (Å²) < 4.78 is 5.33. The zero-order valence-electron chi connectivity index (χ0n) is 18.0. The standard InChI is InChI=1S/C25H33N3O/c1-4-6-13-28-14-10-18(11-15-28)19-7-8-23-22(16-19)21(5-2)25(27-23)20-9-12-26-24(17-20)29-3/h7-9,12,16-18,27H,4-6,10-11,13-15H2,1-3H3. The first-order chi connectivity index (χ1) is 14.2. The number of benzene rings is 1. The lowest BCUT2D eigenvalue weighted by Crippen LogP contribution is -2.33. The Labute approximate surface area is 174 Å². The number of ether oxygens (including phenoxy) is 1. The maximum absolute atomic E-state index is 5.33. The fourth-order valence-electron chi connectivity index (χ4n) is 4.68. The normalized spacial score (nSPS) is 15.8. The first-order valence-electron chi connectivity index (χ1n) is 11.1. The molecular formula is C25H33N3O. The van der Waals surface area contributed by atoms with Crippen molar-refractivity contribution >= 4 is 10.9 Å². The van der Waals surface area contributed by atoms with Crippen LogP contribution >= 0.6 is 0 Å². The number of hydrogen-bond acceptors (Lipinski definition) is 3. The number of H-pyrrole nitrogens is 1. The first-order valence-corrected chi connectivity index (χ1v) is 11.1. The summed E-state index contributed by atoms with van der Waals surface area (Å²) in [5, 5.41) is 1.36. The highest BCUT2D eigenvalue weighted by Crippen LogP contribution is 2.35. The van der Waals surface area contributed by atoms with Crippen molar-refractivity contribution in [2.24, 2.45) is 0 Å². The van der Waals surface area contributed by atoms with E-state index in [9.17, 15) is 0 Å². The number of nitrogens with zero attached hydrogens (tertiary/aromatic N) is 2. The highest BCUT2D eigenvalue weighted by molar-refractivity contribution is 5.91. The molecule has 4 heteroatoms. The molecule has 0 unspecified atom stereocenters. The number of hydrogen-bond donors (Lipinski definition) is 1. The number of unbranched alkanes of at least 4 members (excludes halogenated alkanes) is 1. The quantitative estimate of drug-likeness (QED) is 0.555. The lowest BCUT2D eigenvalue weighted by atomic mass is 9.88. The van der Waals surface area contributed by atoms with E-state index < -0.39 is 0 Å². The van der Waals surface area contributed by atoms with Gasteiger partial charge in [0, 0.05) is 34.4 Å². The summed E-state index contributed by atoms with van der Waals surface area (Å²) in [7, 11) is 1.66. The molecule has 3 heterocycles. The molecule has 1 fully saturated rings. The van der Waals surface area contributed by atoms with Gasteiger partial charge in [-0.15, -0.1) is 0 Å². The number of aryl methyl sites for hydroxylation is 1. The molecule has 1 aliphatic rings. The van der Waals surface area contributed by atoms with Gasteiger partial charge in [-0.25, -0.2) is 4.98 Å². The van der Waals surface area contributed by atoms with E-state index >= 15 is 0 Å². The Morgan fingerprint density at radius 3 is 2.69 bits per heavy atom. The SMILES string of the molecule is CCCCN1CCC(c2ccc3[nH]c(-c4ccnc(OC)c4)c(CC)c3c2)CC1. The molecule has 29 heavy (non-hydrogen) atoms. The molecular weight excluding hydrogens is 358 g/mol. The summed E-state index contributed by atoms with van der Waals surface area (Å²) >= 11 is 0. The molecule has 4 nitrogen and oxygen atoms in total. The third kappa shape index (κ3) is 4.18. The molecule has 0 atom stereocenters. The largest absolute Gasteiger partial charge is 0.481 e. The fourth-order valence-corrected chi connectivity index (χ4v) is 4.68. The molecule has 0 saturated carbocycles. The van der Waals surface area contributed by atoms with Crippen molar-refractivity contribution in [3.05, 3.63) is 47.7 Å². The van der Waals surface area contributed by atoms with Crippen LogP contribution in [0.1, 0.15) is 56.6 Å². The van der Waals surface area contributed by atoms with Gasteiger partial charge >= 0.3 is 0 Å². The van der Waals surface area contributed by atoms with Crippen molar-refractivity contribution in [3.63, 3.8) is 0 Å². The van der Waals surface area contributed by atoms with Crippen molar-refractivity contribution in [1.29, 1.82) is 0 Å². The zero-order valence-corrected chi connectivity index (χ0v) is 18.0. The minimum atomic E-state index is 0.652. The molecule has 0 amide bonds. The van der Waals surface area contributed by atoms with Crippen molar-refractivity contribution in [1.82, 2.24) is 14.9 Å². The van der Waals surface area contributed by atoms with Crippen molar-refractivity contribution < 1.29 is 4.74 Å². The predicted octanol–water partition coefficient (Wildman–Crippen LogP) is 5.78. The summed E-state index contributed by atoms with van der Waals surface area (Å²) in [6, 6.07) is 11.1. The molecule has 0 spiro atoms. The zero-order chi connectivity index (χ0) is 20.2. The molecule has 0 bridgehead atoms. The van der Waals surface area contributed by atoms with Crippen molar-refractivity contribution in [2.45, 2.75) is 51.9 Å². The summed E-state index contributed by atoms with van der Waals surface area (Å²) in [5.41, 5.74) is 6.43. The number of piperidine rings is 1. The smallest absolute Gasteiger partial charge is 0.213 e. The Hall–Kier alpha value is -2.33. The number of fused-ring (bicyclic) bond motifs is 1. The van der Waals surface area contributed by atoms with Gasteiger partial charge in [0.1, 0.15) is 0 Å². The van der Waals surface area contributed by atoms with E-state index in [1.54, 1.807) is 7.11 Å². The molecule has 154 valence electrons. The van der Waals surface area contributed by atoms with Gasteiger partial charge in [-0.1, -0.05) is 26.3 Å². The average molecular weight is 392 g/mol. The second kappa shape index (κ2) is 9.00. The molecule has 0 aliphatic carbocycles. The molecule has 4 rings (SSSR count). The number of aromatic amines is 1. The highest BCUT2D eigenvalue weighted by atomic mass is 16.5. The van der Waals surface area contributed by atoms with Crippen molar-refractivity contribution in [2.75, 3.05) is 26.7 Å². The van der Waals surface area contributed by atoms with Gasteiger partial charge in [-0.2, -0.15) is 0 Å². The van der Waals surface area contributed by atoms with E-state index in [1.807, 2.05) is 12.3 Å². The minimum Gasteiger partial charge on any atom is -0.481 e. The summed E-state index contributed by atoms with van der Waals surface area (Å²) in [6.45, 7) is 8.25. The number of likely N-dealkylation sites (tertiary alicyclic amines) is 1. The molecule has 1 saturated heterocycles. The van der Waals surface area contributed by atoms with E-state index in [-0.39, 0.29) is 0 Å². The third-order valence-electron chi connectivity index (χ3n) is 6.40. The van der Waals surface area contributed by atoms with E-state index in [0.29, 0.717) is 11.8 Å². The van der Waals surface area contributed by atoms with Crippen molar-refractivity contribution in [3.8, 4) is 17.1 Å². The Morgan fingerprint density at radius 1 is 1.14 bits per heavy atom. The highest BCUT2D eigenvalue weighted by Gasteiger charge is 2.21. The van der Waals surface area contributed by atoms with Crippen LogP contribution < -0.4 is 4.74 Å². The Bertz CT molecular complexity index is 954. The van der Waals surface area contributed by atoms with E-state index in [1.165, 1.54) is 73.0 Å². The summed E-state index contributed by atoms with van der Waals surface area (Å²) in [4.78, 5) is 10.5. The van der Waals surface area contributed by atoms with Crippen LogP contribution in [0.15, 0.2) is 36.5 Å². The van der Waals surface area contributed by atoms with Crippen LogP contribution in [0.5, 0.6) is 5.88 Å². The fraction of sp³-hybridized carbons (Fsp3) is 0.480. The van der Waals surface area contributed by atoms with Crippen LogP contribution in [-0.2, 0) is 6.42 Å². The Balaban J connectivity index is 1.61. The van der Waals surface area contributed by atoms with Crippen LogP contribution in [0.4, 0.5) is 0 Å². The number of rotatable bonds is 7. The summed E-state index contributed by atoms with van der Waals surface area (Å²) in [6.07, 6.45) is 7.97. The molecule has 2 aromatic heterocycles. The van der Waals surface area contributed by atoms with E-state index in [2.05, 4.69) is 53.0 Å². The van der Waals surface area contributed by atoms with Gasteiger partial charge in [-0.05, 0) is 80.6 Å². The molecule has 1 aromatic carbocycles. The first kappa shape index (κ1) is 20.0. The molecule has 0 radical (unpaired) electrons. The Kier molecular flexibility index (Phi) is 6.19. The monoisotopic (exact) mass is 391 g/mol. The second-order valence-corrected chi connectivity index (χ2v) is 8.19. The second-order valence-electron chi connectivity index (χ2n) is 8.19. The minimum absolute atomic E-state index is 0.652. The van der Waals surface area contributed by atoms with Crippen LogP contribution in [0.3, 0.4) is 0 Å². The van der Waals surface area contributed by atoms with Gasteiger partial charge in [0.15, 0.2) is 0 Å². The van der Waals surface area contributed by atoms with Gasteiger partial charge in [0.05, 0.1) is 7.11 Å². The Morgan fingerprint density at radius 2 is 1.97 bits per heavy atom.